The van der Waals surface area contributed by atoms with Gasteiger partial charge in [-0.15, -0.1) is 0 Å². The van der Waals surface area contributed by atoms with E-state index in [1.807, 2.05) is 12.1 Å². The Kier molecular flexibility index (Phi) is 5.16. The molecule has 4 saturated carbocycles. The molecule has 4 nitrogen and oxygen atoms in total. The Bertz CT molecular complexity index is 662. The quantitative estimate of drug-likeness (QED) is 0.770. The first-order valence-corrected chi connectivity index (χ1v) is 10.4. The molecule has 0 radical (unpaired) electrons. The van der Waals surface area contributed by atoms with Gasteiger partial charge in [-0.05, 0) is 92.6 Å². The van der Waals surface area contributed by atoms with Gasteiger partial charge in [0.05, 0.1) is 6.61 Å². The third-order valence-electron chi connectivity index (χ3n) is 6.32. The number of thiocarbonyl (C=S) groups is 1. The highest BCUT2D eigenvalue weighted by Crippen LogP contribution is 2.53. The molecule has 4 bridgehead atoms. The lowest BCUT2D eigenvalue weighted by Gasteiger charge is -2.54. The average molecular weight is 373 g/mol. The van der Waals surface area contributed by atoms with Gasteiger partial charge in [-0.3, -0.25) is 10.1 Å². The minimum Gasteiger partial charge on any atom is -0.494 e. The summed E-state index contributed by atoms with van der Waals surface area (Å²) >= 11 is 5.46. The number of rotatable bonds is 5. The Morgan fingerprint density at radius 1 is 1.15 bits per heavy atom. The fourth-order valence-corrected chi connectivity index (χ4v) is 5.70. The maximum absolute atomic E-state index is 12.5. The Hall–Kier alpha value is -1.62. The van der Waals surface area contributed by atoms with Crippen LogP contribution in [0.3, 0.4) is 0 Å². The van der Waals surface area contributed by atoms with Crippen molar-refractivity contribution in [1.82, 2.24) is 10.6 Å². The molecule has 4 aliphatic rings. The van der Waals surface area contributed by atoms with Crippen LogP contribution in [0, 0.1) is 23.7 Å². The van der Waals surface area contributed by atoms with Crippen LogP contribution in [0.25, 0.3) is 0 Å². The number of carbonyl (C=O) groups excluding carboxylic acids is 1. The SMILES string of the molecule is CCCOc1cccc(C(=O)NC(=S)NC2C3CC4CC(C3)CC2C4)c1. The van der Waals surface area contributed by atoms with Crippen LogP contribution >= 0.6 is 12.2 Å². The maximum Gasteiger partial charge on any atom is 0.257 e. The van der Waals surface area contributed by atoms with Gasteiger partial charge in [-0.25, -0.2) is 0 Å². The van der Waals surface area contributed by atoms with Gasteiger partial charge in [0.15, 0.2) is 5.11 Å². The lowest BCUT2D eigenvalue weighted by Crippen LogP contribution is -2.57. The van der Waals surface area contributed by atoms with E-state index >= 15 is 0 Å². The van der Waals surface area contributed by atoms with Crippen molar-refractivity contribution in [1.29, 1.82) is 0 Å². The highest BCUT2D eigenvalue weighted by atomic mass is 32.1. The molecule has 0 aromatic heterocycles. The minimum atomic E-state index is -0.173. The number of carbonyl (C=O) groups is 1. The first kappa shape index (κ1) is 17.8. The van der Waals surface area contributed by atoms with Crippen LogP contribution in [0.15, 0.2) is 24.3 Å². The molecule has 4 fully saturated rings. The molecule has 1 aromatic carbocycles. The summed E-state index contributed by atoms with van der Waals surface area (Å²) in [7, 11) is 0. The summed E-state index contributed by atoms with van der Waals surface area (Å²) in [6, 6.07) is 7.72. The molecule has 2 N–H and O–H groups in total. The molecular weight excluding hydrogens is 344 g/mol. The fourth-order valence-electron chi connectivity index (χ4n) is 5.47. The molecule has 140 valence electrons. The van der Waals surface area contributed by atoms with Crippen LogP contribution in [0.4, 0.5) is 0 Å². The van der Waals surface area contributed by atoms with Gasteiger partial charge in [0.1, 0.15) is 5.75 Å². The summed E-state index contributed by atoms with van der Waals surface area (Å²) in [6.45, 7) is 2.71. The zero-order valence-corrected chi connectivity index (χ0v) is 16.2. The number of hydrogen-bond acceptors (Lipinski definition) is 3. The Morgan fingerprint density at radius 2 is 1.85 bits per heavy atom. The second kappa shape index (κ2) is 7.55. The van der Waals surface area contributed by atoms with Crippen molar-refractivity contribution in [3.8, 4) is 5.75 Å². The van der Waals surface area contributed by atoms with Crippen LogP contribution in [-0.2, 0) is 0 Å². The van der Waals surface area contributed by atoms with Crippen LogP contribution in [0.1, 0.15) is 55.8 Å². The van der Waals surface area contributed by atoms with Crippen molar-refractivity contribution in [2.45, 2.75) is 51.5 Å². The van der Waals surface area contributed by atoms with Crippen LogP contribution < -0.4 is 15.4 Å². The molecule has 1 aromatic rings. The molecule has 26 heavy (non-hydrogen) atoms. The van der Waals surface area contributed by atoms with Crippen molar-refractivity contribution in [3.05, 3.63) is 29.8 Å². The molecule has 5 rings (SSSR count). The van der Waals surface area contributed by atoms with Gasteiger partial charge in [-0.2, -0.15) is 0 Å². The monoisotopic (exact) mass is 372 g/mol. The Balaban J connectivity index is 1.34. The van der Waals surface area contributed by atoms with Crippen molar-refractivity contribution in [3.63, 3.8) is 0 Å². The van der Waals surface area contributed by atoms with Gasteiger partial charge in [0.2, 0.25) is 0 Å². The van der Waals surface area contributed by atoms with E-state index in [-0.39, 0.29) is 5.91 Å². The van der Waals surface area contributed by atoms with E-state index in [2.05, 4.69) is 17.6 Å². The van der Waals surface area contributed by atoms with E-state index in [4.69, 9.17) is 17.0 Å². The second-order valence-electron chi connectivity index (χ2n) is 8.26. The summed E-state index contributed by atoms with van der Waals surface area (Å²) in [5, 5.41) is 6.81. The van der Waals surface area contributed by atoms with Gasteiger partial charge >= 0.3 is 0 Å². The Labute approximate surface area is 161 Å². The topological polar surface area (TPSA) is 50.4 Å². The van der Waals surface area contributed by atoms with Gasteiger partial charge < -0.3 is 10.1 Å². The standard InChI is InChI=1S/C21H28N2O2S/c1-2-6-25-18-5-3-4-15(12-18)20(24)23-21(26)22-19-16-8-13-7-14(10-16)11-17(19)9-13/h3-5,12-14,16-17,19H,2,6-11H2,1H3,(H2,22,23,24,26). The zero-order valence-electron chi connectivity index (χ0n) is 15.4. The average Bonchev–Trinajstić information content (AvgIpc) is 2.62. The lowest BCUT2D eigenvalue weighted by atomic mass is 9.54. The van der Waals surface area contributed by atoms with Crippen molar-refractivity contribution >= 4 is 23.2 Å². The van der Waals surface area contributed by atoms with Gasteiger partial charge in [0, 0.05) is 11.6 Å². The van der Waals surface area contributed by atoms with Gasteiger partial charge in [0.25, 0.3) is 5.91 Å². The molecule has 1 amide bonds. The number of hydrogen-bond donors (Lipinski definition) is 2. The van der Waals surface area contributed by atoms with Crippen molar-refractivity contribution in [2.24, 2.45) is 23.7 Å². The molecule has 0 atom stereocenters. The van der Waals surface area contributed by atoms with Crippen LogP contribution in [0.5, 0.6) is 5.75 Å². The largest absolute Gasteiger partial charge is 0.494 e. The van der Waals surface area contributed by atoms with E-state index in [1.165, 1.54) is 32.1 Å². The summed E-state index contributed by atoms with van der Waals surface area (Å²) in [5.41, 5.74) is 0.577. The normalized spacial score (nSPS) is 31.5. The zero-order chi connectivity index (χ0) is 18.1. The number of benzene rings is 1. The minimum absolute atomic E-state index is 0.173. The molecule has 0 aliphatic heterocycles. The number of nitrogens with one attached hydrogen (secondary N) is 2. The third-order valence-corrected chi connectivity index (χ3v) is 6.54. The van der Waals surface area contributed by atoms with Crippen molar-refractivity contribution < 1.29 is 9.53 Å². The predicted molar refractivity (Wildman–Crippen MR) is 106 cm³/mol. The van der Waals surface area contributed by atoms with Crippen LogP contribution in [0.2, 0.25) is 0 Å². The smallest absolute Gasteiger partial charge is 0.257 e. The second-order valence-corrected chi connectivity index (χ2v) is 8.67. The van der Waals surface area contributed by atoms with E-state index in [0.29, 0.717) is 23.3 Å². The van der Waals surface area contributed by atoms with E-state index in [1.54, 1.807) is 12.1 Å². The van der Waals surface area contributed by atoms with E-state index < -0.39 is 0 Å². The number of ether oxygens (including phenoxy) is 1. The first-order valence-electron chi connectivity index (χ1n) is 9.97. The number of amides is 1. The highest BCUT2D eigenvalue weighted by molar-refractivity contribution is 7.80. The van der Waals surface area contributed by atoms with E-state index in [0.717, 1.165) is 35.8 Å². The molecular formula is C21H28N2O2S. The summed E-state index contributed by atoms with van der Waals surface area (Å²) in [4.78, 5) is 12.5. The molecule has 0 heterocycles. The highest BCUT2D eigenvalue weighted by Gasteiger charge is 2.48. The van der Waals surface area contributed by atoms with Crippen LogP contribution in [-0.4, -0.2) is 23.7 Å². The third kappa shape index (κ3) is 3.73. The molecule has 0 unspecified atom stereocenters. The van der Waals surface area contributed by atoms with Crippen molar-refractivity contribution in [2.75, 3.05) is 6.61 Å². The maximum atomic E-state index is 12.5. The molecule has 0 saturated heterocycles. The van der Waals surface area contributed by atoms with E-state index in [9.17, 15) is 4.79 Å². The lowest BCUT2D eigenvalue weighted by molar-refractivity contribution is -0.00692. The molecule has 5 heteroatoms. The first-order chi connectivity index (χ1) is 12.6. The summed E-state index contributed by atoms with van der Waals surface area (Å²) in [5.74, 6) is 3.88. The predicted octanol–water partition coefficient (Wildman–Crippen LogP) is 3.90. The fraction of sp³-hybridized carbons (Fsp3) is 0.619. The summed E-state index contributed by atoms with van der Waals surface area (Å²) < 4.78 is 5.61. The molecule has 0 spiro atoms. The summed E-state index contributed by atoms with van der Waals surface area (Å²) in [6.07, 6.45) is 7.71. The van der Waals surface area contributed by atoms with Gasteiger partial charge in [-0.1, -0.05) is 13.0 Å². The molecule has 4 aliphatic carbocycles. The Morgan fingerprint density at radius 3 is 2.50 bits per heavy atom.